The van der Waals surface area contributed by atoms with Gasteiger partial charge in [0.05, 0.1) is 0 Å². The molecule has 2 aliphatic rings. The van der Waals surface area contributed by atoms with E-state index in [1.165, 1.54) is 50.0 Å². The van der Waals surface area contributed by atoms with Crippen LogP contribution in [0.25, 0.3) is 0 Å². The fraction of sp³-hybridized carbons (Fsp3) is 0.800. The molecule has 0 atom stereocenters. The minimum absolute atomic E-state index is 0.0477. The van der Waals surface area contributed by atoms with Gasteiger partial charge in [-0.2, -0.15) is 0 Å². The molecule has 2 heterocycles. The normalized spacial score (nSPS) is 21.0. The Hall–Kier alpha value is -1.21. The van der Waals surface area contributed by atoms with Crippen molar-refractivity contribution in [2.75, 3.05) is 38.0 Å². The van der Waals surface area contributed by atoms with Gasteiger partial charge in [-0.15, -0.1) is 10.2 Å². The molecule has 0 spiro atoms. The van der Waals surface area contributed by atoms with Crippen LogP contribution in [0.15, 0.2) is 0 Å². The van der Waals surface area contributed by atoms with Crippen LogP contribution in [0.3, 0.4) is 0 Å². The zero-order valence-electron chi connectivity index (χ0n) is 13.3. The molecule has 0 unspecified atom stereocenters. The van der Waals surface area contributed by atoms with E-state index in [9.17, 15) is 4.79 Å². The Balaban J connectivity index is 1.41. The summed E-state index contributed by atoms with van der Waals surface area (Å²) in [4.78, 5) is 16.6. The van der Waals surface area contributed by atoms with Crippen molar-refractivity contribution >= 4 is 22.5 Å². The molecule has 2 amide bonds. The summed E-state index contributed by atoms with van der Waals surface area (Å²) in [6.45, 7) is 6.67. The number of hydrogen-bond acceptors (Lipinski definition) is 5. The average Bonchev–Trinajstić information content (AvgIpc) is 2.94. The minimum atomic E-state index is -0.0477. The highest BCUT2D eigenvalue weighted by atomic mass is 32.1. The Morgan fingerprint density at radius 2 is 1.91 bits per heavy atom. The van der Waals surface area contributed by atoms with Crippen molar-refractivity contribution in [2.45, 2.75) is 39.0 Å². The highest BCUT2D eigenvalue weighted by Gasteiger charge is 2.24. The van der Waals surface area contributed by atoms with E-state index < -0.39 is 0 Å². The lowest BCUT2D eigenvalue weighted by Gasteiger charge is -2.37. The molecule has 1 saturated heterocycles. The summed E-state index contributed by atoms with van der Waals surface area (Å²) in [5, 5.41) is 12.2. The monoisotopic (exact) mass is 323 g/mol. The van der Waals surface area contributed by atoms with E-state index in [1.807, 2.05) is 11.8 Å². The molecule has 0 radical (unpaired) electrons. The molecule has 1 saturated carbocycles. The summed E-state index contributed by atoms with van der Waals surface area (Å²) in [5.41, 5.74) is 0. The third-order valence-corrected chi connectivity index (χ3v) is 5.39. The number of nitrogens with zero attached hydrogens (tertiary/aromatic N) is 4. The van der Waals surface area contributed by atoms with Gasteiger partial charge < -0.3 is 4.90 Å². The van der Waals surface area contributed by atoms with Gasteiger partial charge in [-0.1, -0.05) is 30.6 Å². The Labute approximate surface area is 135 Å². The first-order chi connectivity index (χ1) is 10.7. The molecule has 1 aromatic rings. The fourth-order valence-corrected chi connectivity index (χ4v) is 3.97. The number of piperazine rings is 1. The standard InChI is InChI=1S/C15H25N5OS/c1-12-17-18-14(22-12)16-15(21)20-9-7-19(8-10-20)11-13-5-3-2-4-6-13/h13H,2-11H2,1H3,(H,16,18,21). The summed E-state index contributed by atoms with van der Waals surface area (Å²) >= 11 is 1.41. The molecule has 6 nitrogen and oxygen atoms in total. The number of rotatable bonds is 3. The number of aromatic nitrogens is 2. The first kappa shape index (κ1) is 15.7. The second-order valence-corrected chi connectivity index (χ2v) is 7.53. The molecule has 1 aliphatic heterocycles. The first-order valence-corrected chi connectivity index (χ1v) is 9.11. The van der Waals surface area contributed by atoms with Crippen LogP contribution in [-0.2, 0) is 0 Å². The first-order valence-electron chi connectivity index (χ1n) is 8.29. The molecule has 3 rings (SSSR count). The maximum absolute atomic E-state index is 12.2. The van der Waals surface area contributed by atoms with Crippen molar-refractivity contribution in [1.82, 2.24) is 20.0 Å². The minimum Gasteiger partial charge on any atom is -0.322 e. The van der Waals surface area contributed by atoms with E-state index in [4.69, 9.17) is 0 Å². The fourth-order valence-electron chi connectivity index (χ4n) is 3.39. The van der Waals surface area contributed by atoms with Crippen molar-refractivity contribution in [3.63, 3.8) is 0 Å². The zero-order valence-corrected chi connectivity index (χ0v) is 14.1. The van der Waals surface area contributed by atoms with Crippen LogP contribution in [0.2, 0.25) is 0 Å². The molecule has 7 heteroatoms. The number of aryl methyl sites for hydroxylation is 1. The van der Waals surface area contributed by atoms with Gasteiger partial charge in [0, 0.05) is 32.7 Å². The summed E-state index contributed by atoms with van der Waals surface area (Å²) in [7, 11) is 0. The van der Waals surface area contributed by atoms with Gasteiger partial charge in [-0.05, 0) is 25.7 Å². The zero-order chi connectivity index (χ0) is 15.4. The molecule has 0 bridgehead atoms. The number of carbonyl (C=O) groups excluding carboxylic acids is 1. The lowest BCUT2D eigenvalue weighted by atomic mass is 9.89. The largest absolute Gasteiger partial charge is 0.323 e. The van der Waals surface area contributed by atoms with Crippen LogP contribution >= 0.6 is 11.3 Å². The van der Waals surface area contributed by atoms with Gasteiger partial charge in [0.1, 0.15) is 5.01 Å². The van der Waals surface area contributed by atoms with E-state index >= 15 is 0 Å². The van der Waals surface area contributed by atoms with E-state index in [1.54, 1.807) is 0 Å². The summed E-state index contributed by atoms with van der Waals surface area (Å²) < 4.78 is 0. The van der Waals surface area contributed by atoms with Gasteiger partial charge in [0.2, 0.25) is 5.13 Å². The Morgan fingerprint density at radius 3 is 2.55 bits per heavy atom. The van der Waals surface area contributed by atoms with Crippen molar-refractivity contribution in [3.05, 3.63) is 5.01 Å². The number of hydrogen-bond donors (Lipinski definition) is 1. The maximum atomic E-state index is 12.2. The van der Waals surface area contributed by atoms with Gasteiger partial charge in [0.15, 0.2) is 0 Å². The predicted octanol–water partition coefficient (Wildman–Crippen LogP) is 2.58. The van der Waals surface area contributed by atoms with Crippen LogP contribution < -0.4 is 5.32 Å². The Morgan fingerprint density at radius 1 is 1.18 bits per heavy atom. The smallest absolute Gasteiger partial charge is 0.322 e. The number of nitrogens with one attached hydrogen (secondary N) is 1. The summed E-state index contributed by atoms with van der Waals surface area (Å²) in [5.74, 6) is 0.874. The van der Waals surface area contributed by atoms with Crippen LogP contribution in [0, 0.1) is 12.8 Å². The van der Waals surface area contributed by atoms with Crippen LogP contribution in [-0.4, -0.2) is 58.8 Å². The van der Waals surface area contributed by atoms with E-state index in [-0.39, 0.29) is 6.03 Å². The number of amides is 2. The van der Waals surface area contributed by atoms with Crippen molar-refractivity contribution in [3.8, 4) is 0 Å². The van der Waals surface area contributed by atoms with Gasteiger partial charge in [-0.25, -0.2) is 4.79 Å². The molecule has 1 aromatic heterocycles. The average molecular weight is 323 g/mol. The van der Waals surface area contributed by atoms with Crippen LogP contribution in [0.5, 0.6) is 0 Å². The second kappa shape index (κ2) is 7.37. The molecular formula is C15H25N5OS. The maximum Gasteiger partial charge on any atom is 0.323 e. The van der Waals surface area contributed by atoms with Gasteiger partial charge in [-0.3, -0.25) is 10.2 Å². The summed E-state index contributed by atoms with van der Waals surface area (Å²) in [6, 6.07) is -0.0477. The van der Waals surface area contributed by atoms with E-state index in [2.05, 4.69) is 20.4 Å². The molecule has 1 aliphatic carbocycles. The number of anilines is 1. The molecule has 122 valence electrons. The highest BCUT2D eigenvalue weighted by Crippen LogP contribution is 2.24. The van der Waals surface area contributed by atoms with Gasteiger partial charge >= 0.3 is 6.03 Å². The van der Waals surface area contributed by atoms with Crippen LogP contribution in [0.1, 0.15) is 37.1 Å². The second-order valence-electron chi connectivity index (χ2n) is 6.35. The SMILES string of the molecule is Cc1nnc(NC(=O)N2CCN(CC3CCCCC3)CC2)s1. The van der Waals surface area contributed by atoms with Crippen LogP contribution in [0.4, 0.5) is 9.93 Å². The molecule has 1 N–H and O–H groups in total. The Bertz CT molecular complexity index is 492. The third-order valence-electron chi connectivity index (χ3n) is 4.64. The van der Waals surface area contributed by atoms with Gasteiger partial charge in [0.25, 0.3) is 0 Å². The lowest BCUT2D eigenvalue weighted by molar-refractivity contribution is 0.125. The van der Waals surface area contributed by atoms with Crippen molar-refractivity contribution in [2.24, 2.45) is 5.92 Å². The molecular weight excluding hydrogens is 298 g/mol. The topological polar surface area (TPSA) is 61.4 Å². The predicted molar refractivity (Wildman–Crippen MR) is 88.3 cm³/mol. The summed E-state index contributed by atoms with van der Waals surface area (Å²) in [6.07, 6.45) is 6.98. The van der Waals surface area contributed by atoms with Crippen molar-refractivity contribution in [1.29, 1.82) is 0 Å². The molecule has 22 heavy (non-hydrogen) atoms. The lowest BCUT2D eigenvalue weighted by Crippen LogP contribution is -2.51. The highest BCUT2D eigenvalue weighted by molar-refractivity contribution is 7.15. The van der Waals surface area contributed by atoms with E-state index in [0.717, 1.165) is 37.1 Å². The van der Waals surface area contributed by atoms with Crippen molar-refractivity contribution < 1.29 is 4.79 Å². The van der Waals surface area contributed by atoms with E-state index in [0.29, 0.717) is 5.13 Å². The number of carbonyl (C=O) groups is 1. The third kappa shape index (κ3) is 4.16. The Kier molecular flexibility index (Phi) is 5.25. The molecule has 2 fully saturated rings. The number of urea groups is 1. The molecule has 0 aromatic carbocycles. The quantitative estimate of drug-likeness (QED) is 0.929.